The predicted octanol–water partition coefficient (Wildman–Crippen LogP) is 3.46. The van der Waals surface area contributed by atoms with E-state index in [9.17, 15) is 4.79 Å². The molecule has 0 atom stereocenters. The van der Waals surface area contributed by atoms with Crippen molar-refractivity contribution in [2.75, 3.05) is 18.7 Å². The average Bonchev–Trinajstić information content (AvgIpc) is 3.02. The molecule has 0 radical (unpaired) electrons. The molecule has 1 N–H and O–H groups in total. The van der Waals surface area contributed by atoms with Crippen LogP contribution in [0.5, 0.6) is 5.75 Å². The number of pyridine rings is 1. The Morgan fingerprint density at radius 3 is 2.60 bits per heavy atom. The Morgan fingerprint density at radius 2 is 1.96 bits per heavy atom. The van der Waals surface area contributed by atoms with Crippen molar-refractivity contribution in [1.29, 1.82) is 0 Å². The van der Waals surface area contributed by atoms with Gasteiger partial charge in [-0.1, -0.05) is 11.8 Å². The normalized spacial score (nSPS) is 10.5. The number of carbonyl (C=O) groups excluding carboxylic acids is 1. The Labute approximate surface area is 150 Å². The molecule has 0 aliphatic heterocycles. The van der Waals surface area contributed by atoms with Gasteiger partial charge in [0.05, 0.1) is 19.0 Å². The predicted molar refractivity (Wildman–Crippen MR) is 99.2 cm³/mol. The van der Waals surface area contributed by atoms with Gasteiger partial charge in [-0.25, -0.2) is 9.97 Å². The van der Waals surface area contributed by atoms with Gasteiger partial charge in [-0.05, 0) is 42.7 Å². The summed E-state index contributed by atoms with van der Waals surface area (Å²) in [5.41, 5.74) is 2.44. The van der Waals surface area contributed by atoms with Crippen molar-refractivity contribution < 1.29 is 9.53 Å². The van der Waals surface area contributed by atoms with Crippen molar-refractivity contribution >= 4 is 23.5 Å². The molecule has 128 valence electrons. The summed E-state index contributed by atoms with van der Waals surface area (Å²) in [7, 11) is 3.55. The first-order chi connectivity index (χ1) is 12.1. The highest BCUT2D eigenvalue weighted by molar-refractivity contribution is 7.98. The molecule has 1 aromatic carbocycles. The summed E-state index contributed by atoms with van der Waals surface area (Å²) in [5.74, 6) is 0.977. The van der Waals surface area contributed by atoms with Gasteiger partial charge in [-0.3, -0.25) is 4.79 Å². The maximum absolute atomic E-state index is 12.4. The summed E-state index contributed by atoms with van der Waals surface area (Å²) in [4.78, 5) is 21.0. The number of aromatic nitrogens is 3. The van der Waals surface area contributed by atoms with Crippen molar-refractivity contribution in [2.24, 2.45) is 7.05 Å². The number of hydrogen-bond acceptors (Lipinski definition) is 5. The molecular weight excluding hydrogens is 336 g/mol. The Bertz CT molecular complexity index is 890. The van der Waals surface area contributed by atoms with Crippen LogP contribution in [-0.2, 0) is 7.05 Å². The molecule has 0 aliphatic carbocycles. The van der Waals surface area contributed by atoms with Crippen LogP contribution in [0.3, 0.4) is 0 Å². The molecule has 2 aromatic heterocycles. The number of imidazole rings is 1. The summed E-state index contributed by atoms with van der Waals surface area (Å²) in [6, 6.07) is 10.6. The van der Waals surface area contributed by atoms with Crippen LogP contribution in [0, 0.1) is 0 Å². The second-order valence-electron chi connectivity index (χ2n) is 5.30. The fourth-order valence-corrected chi connectivity index (χ4v) is 2.97. The van der Waals surface area contributed by atoms with Crippen LogP contribution in [0.25, 0.3) is 11.3 Å². The molecule has 0 bridgehead atoms. The average molecular weight is 354 g/mol. The smallest absolute Gasteiger partial charge is 0.256 e. The number of nitrogens with zero attached hydrogens (tertiary/aromatic N) is 3. The van der Waals surface area contributed by atoms with Gasteiger partial charge in [-0.15, -0.1) is 0 Å². The maximum atomic E-state index is 12.4. The molecule has 3 aromatic rings. The summed E-state index contributed by atoms with van der Waals surface area (Å²) < 4.78 is 7.11. The number of rotatable bonds is 5. The minimum absolute atomic E-state index is 0.220. The topological polar surface area (TPSA) is 69.0 Å². The van der Waals surface area contributed by atoms with E-state index in [1.165, 1.54) is 0 Å². The van der Waals surface area contributed by atoms with Crippen LogP contribution >= 0.6 is 11.8 Å². The Balaban J connectivity index is 1.81. The van der Waals surface area contributed by atoms with E-state index in [1.54, 1.807) is 49.3 Å². The van der Waals surface area contributed by atoms with E-state index in [1.807, 2.05) is 36.2 Å². The number of thioether (sulfide) groups is 1. The molecule has 7 heteroatoms. The van der Waals surface area contributed by atoms with Gasteiger partial charge >= 0.3 is 0 Å². The Morgan fingerprint density at radius 1 is 1.20 bits per heavy atom. The fraction of sp³-hybridized carbons (Fsp3) is 0.167. The quantitative estimate of drug-likeness (QED) is 0.711. The zero-order valence-electron chi connectivity index (χ0n) is 14.2. The molecular formula is C18H18N4O2S. The third kappa shape index (κ3) is 3.66. The highest BCUT2D eigenvalue weighted by Gasteiger charge is 2.11. The molecule has 3 rings (SSSR count). The summed E-state index contributed by atoms with van der Waals surface area (Å²) in [5, 5.41) is 3.75. The highest BCUT2D eigenvalue weighted by atomic mass is 32.2. The summed E-state index contributed by atoms with van der Waals surface area (Å²) >= 11 is 1.58. The second-order valence-corrected chi connectivity index (χ2v) is 6.07. The van der Waals surface area contributed by atoms with Crippen molar-refractivity contribution in [3.05, 3.63) is 54.4 Å². The van der Waals surface area contributed by atoms with Gasteiger partial charge in [0.1, 0.15) is 11.6 Å². The van der Waals surface area contributed by atoms with Gasteiger partial charge < -0.3 is 14.6 Å². The van der Waals surface area contributed by atoms with Crippen molar-refractivity contribution in [2.45, 2.75) is 5.16 Å². The lowest BCUT2D eigenvalue weighted by Crippen LogP contribution is -2.12. The molecule has 25 heavy (non-hydrogen) atoms. The second kappa shape index (κ2) is 7.40. The first kappa shape index (κ1) is 17.0. The SMILES string of the molecule is COc1ccc(C(=O)Nc2cc(-c3cnc(SC)n3C)ccn2)cc1. The third-order valence-corrected chi connectivity index (χ3v) is 4.52. The van der Waals surface area contributed by atoms with Gasteiger partial charge in [0, 0.05) is 24.4 Å². The third-order valence-electron chi connectivity index (χ3n) is 3.78. The fourth-order valence-electron chi connectivity index (χ4n) is 2.44. The lowest BCUT2D eigenvalue weighted by molar-refractivity contribution is 0.102. The first-order valence-corrected chi connectivity index (χ1v) is 8.82. The molecule has 0 saturated heterocycles. The number of anilines is 1. The minimum Gasteiger partial charge on any atom is -0.497 e. The molecule has 0 fully saturated rings. The van der Waals surface area contributed by atoms with E-state index < -0.39 is 0 Å². The zero-order chi connectivity index (χ0) is 17.8. The molecule has 0 aliphatic rings. The highest BCUT2D eigenvalue weighted by Crippen LogP contribution is 2.25. The van der Waals surface area contributed by atoms with Crippen LogP contribution in [0.2, 0.25) is 0 Å². The lowest BCUT2D eigenvalue weighted by Gasteiger charge is -2.08. The minimum atomic E-state index is -0.220. The largest absolute Gasteiger partial charge is 0.497 e. The molecule has 0 saturated carbocycles. The maximum Gasteiger partial charge on any atom is 0.256 e. The number of hydrogen-bond donors (Lipinski definition) is 1. The van der Waals surface area contributed by atoms with E-state index >= 15 is 0 Å². The number of methoxy groups -OCH3 is 1. The number of benzene rings is 1. The Kier molecular flexibility index (Phi) is 5.04. The van der Waals surface area contributed by atoms with E-state index in [0.717, 1.165) is 16.4 Å². The van der Waals surface area contributed by atoms with Gasteiger partial charge in [0.2, 0.25) is 0 Å². The van der Waals surface area contributed by atoms with Crippen molar-refractivity contribution in [1.82, 2.24) is 14.5 Å². The molecule has 0 unspecified atom stereocenters. The molecule has 1 amide bonds. The zero-order valence-corrected chi connectivity index (χ0v) is 15.0. The van der Waals surface area contributed by atoms with Crippen LogP contribution in [-0.4, -0.2) is 33.8 Å². The van der Waals surface area contributed by atoms with E-state index in [4.69, 9.17) is 4.74 Å². The van der Waals surface area contributed by atoms with Crippen molar-refractivity contribution in [3.8, 4) is 17.0 Å². The van der Waals surface area contributed by atoms with Crippen LogP contribution < -0.4 is 10.1 Å². The molecule has 6 nitrogen and oxygen atoms in total. The molecule has 2 heterocycles. The van der Waals surface area contributed by atoms with Crippen LogP contribution in [0.1, 0.15) is 10.4 Å². The van der Waals surface area contributed by atoms with E-state index in [0.29, 0.717) is 17.1 Å². The number of nitrogens with one attached hydrogen (secondary N) is 1. The van der Waals surface area contributed by atoms with Gasteiger partial charge in [-0.2, -0.15) is 0 Å². The van der Waals surface area contributed by atoms with E-state index in [2.05, 4.69) is 15.3 Å². The monoisotopic (exact) mass is 354 g/mol. The number of amides is 1. The van der Waals surface area contributed by atoms with E-state index in [-0.39, 0.29) is 5.91 Å². The molecule has 0 spiro atoms. The lowest BCUT2D eigenvalue weighted by atomic mass is 10.2. The summed E-state index contributed by atoms with van der Waals surface area (Å²) in [6.45, 7) is 0. The van der Waals surface area contributed by atoms with Crippen molar-refractivity contribution in [3.63, 3.8) is 0 Å². The number of carbonyl (C=O) groups is 1. The van der Waals surface area contributed by atoms with Crippen LogP contribution in [0.4, 0.5) is 5.82 Å². The summed E-state index contributed by atoms with van der Waals surface area (Å²) in [6.07, 6.45) is 5.47. The van der Waals surface area contributed by atoms with Gasteiger partial charge in [0.25, 0.3) is 5.91 Å². The Hall–Kier alpha value is -2.80. The first-order valence-electron chi connectivity index (χ1n) is 7.60. The van der Waals surface area contributed by atoms with Gasteiger partial charge in [0.15, 0.2) is 5.16 Å². The van der Waals surface area contributed by atoms with Crippen LogP contribution in [0.15, 0.2) is 53.9 Å². The standard InChI is InChI=1S/C18H18N4O2S/c1-22-15(11-20-18(22)25-3)13-8-9-19-16(10-13)21-17(23)12-4-6-14(24-2)7-5-12/h4-11H,1-3H3,(H,19,21,23). The number of ether oxygens (including phenoxy) is 1.